The maximum absolute atomic E-state index is 12.3. The van der Waals surface area contributed by atoms with Crippen LogP contribution in [-0.4, -0.2) is 47.6 Å². The van der Waals surface area contributed by atoms with E-state index in [4.69, 9.17) is 4.74 Å². The standard InChI is InChI=1S/C13H21N3O2S/c1-3-10-9-16(6-7-18-10)11(4-2)12(17)15-13-14-5-8-19-13/h5,8,10-11H,3-4,6-7,9H2,1-2H3,(H,14,15,17)/t10-,11+/m1/s1. The minimum atomic E-state index is -0.0955. The molecule has 0 saturated carbocycles. The van der Waals surface area contributed by atoms with Gasteiger partial charge in [0.05, 0.1) is 18.8 Å². The lowest BCUT2D eigenvalue weighted by Crippen LogP contribution is -2.51. The van der Waals surface area contributed by atoms with Gasteiger partial charge < -0.3 is 10.1 Å². The minimum Gasteiger partial charge on any atom is -0.376 e. The van der Waals surface area contributed by atoms with Crippen LogP contribution in [0.4, 0.5) is 5.13 Å². The van der Waals surface area contributed by atoms with Crippen LogP contribution in [0.3, 0.4) is 0 Å². The zero-order valence-electron chi connectivity index (χ0n) is 11.5. The summed E-state index contributed by atoms with van der Waals surface area (Å²) in [5, 5.41) is 5.42. The summed E-state index contributed by atoms with van der Waals surface area (Å²) < 4.78 is 5.65. The number of aromatic nitrogens is 1. The quantitative estimate of drug-likeness (QED) is 0.897. The molecule has 1 amide bonds. The molecule has 0 aromatic carbocycles. The number of amides is 1. The number of hydrogen-bond acceptors (Lipinski definition) is 5. The normalized spacial score (nSPS) is 22.1. The Hall–Kier alpha value is -0.980. The highest BCUT2D eigenvalue weighted by atomic mass is 32.1. The van der Waals surface area contributed by atoms with Gasteiger partial charge in [0.25, 0.3) is 0 Å². The first-order valence-corrected chi connectivity index (χ1v) is 7.68. The van der Waals surface area contributed by atoms with E-state index in [-0.39, 0.29) is 18.1 Å². The van der Waals surface area contributed by atoms with Crippen molar-refractivity contribution in [3.05, 3.63) is 11.6 Å². The molecule has 2 heterocycles. The van der Waals surface area contributed by atoms with Gasteiger partial charge in [0.1, 0.15) is 0 Å². The molecule has 0 unspecified atom stereocenters. The molecule has 2 atom stereocenters. The molecule has 1 N–H and O–H groups in total. The predicted molar refractivity (Wildman–Crippen MR) is 76.4 cm³/mol. The van der Waals surface area contributed by atoms with E-state index >= 15 is 0 Å². The Labute approximate surface area is 118 Å². The van der Waals surface area contributed by atoms with Crippen LogP contribution in [0.5, 0.6) is 0 Å². The highest BCUT2D eigenvalue weighted by Crippen LogP contribution is 2.16. The Kier molecular flexibility index (Phi) is 5.30. The zero-order chi connectivity index (χ0) is 13.7. The van der Waals surface area contributed by atoms with Crippen molar-refractivity contribution < 1.29 is 9.53 Å². The summed E-state index contributed by atoms with van der Waals surface area (Å²) in [4.78, 5) is 18.6. The molecule has 19 heavy (non-hydrogen) atoms. The van der Waals surface area contributed by atoms with E-state index in [1.807, 2.05) is 12.3 Å². The second-order valence-corrected chi connectivity index (χ2v) is 5.54. The number of rotatable bonds is 5. The highest BCUT2D eigenvalue weighted by Gasteiger charge is 2.29. The van der Waals surface area contributed by atoms with Gasteiger partial charge in [-0.25, -0.2) is 4.98 Å². The molecule has 1 aliphatic rings. The van der Waals surface area contributed by atoms with Crippen molar-refractivity contribution in [2.24, 2.45) is 0 Å². The Morgan fingerprint density at radius 3 is 3.16 bits per heavy atom. The van der Waals surface area contributed by atoms with Crippen LogP contribution in [0.15, 0.2) is 11.6 Å². The van der Waals surface area contributed by atoms with Gasteiger partial charge in [-0.15, -0.1) is 11.3 Å². The molecule has 1 saturated heterocycles. The van der Waals surface area contributed by atoms with Crippen LogP contribution < -0.4 is 5.32 Å². The summed E-state index contributed by atoms with van der Waals surface area (Å²) in [6.07, 6.45) is 3.73. The van der Waals surface area contributed by atoms with Gasteiger partial charge >= 0.3 is 0 Å². The molecule has 0 radical (unpaired) electrons. The average molecular weight is 283 g/mol. The molecule has 1 aliphatic heterocycles. The van der Waals surface area contributed by atoms with E-state index in [1.165, 1.54) is 11.3 Å². The van der Waals surface area contributed by atoms with Gasteiger partial charge in [-0.3, -0.25) is 9.69 Å². The Morgan fingerprint density at radius 2 is 2.53 bits per heavy atom. The van der Waals surface area contributed by atoms with Crippen molar-refractivity contribution in [3.8, 4) is 0 Å². The first kappa shape index (κ1) is 14.4. The predicted octanol–water partition coefficient (Wildman–Crippen LogP) is 1.97. The van der Waals surface area contributed by atoms with Gasteiger partial charge in [0, 0.05) is 24.7 Å². The fourth-order valence-electron chi connectivity index (χ4n) is 2.36. The van der Waals surface area contributed by atoms with E-state index < -0.39 is 0 Å². The number of morpholine rings is 1. The summed E-state index contributed by atoms with van der Waals surface area (Å²) in [7, 11) is 0. The molecule has 1 aromatic heterocycles. The molecule has 2 rings (SSSR count). The molecule has 1 fully saturated rings. The lowest BCUT2D eigenvalue weighted by atomic mass is 10.1. The topological polar surface area (TPSA) is 54.5 Å². The van der Waals surface area contributed by atoms with Gasteiger partial charge in [-0.1, -0.05) is 13.8 Å². The van der Waals surface area contributed by atoms with Crippen molar-refractivity contribution in [2.75, 3.05) is 25.0 Å². The third-order valence-electron chi connectivity index (χ3n) is 3.42. The molecule has 106 valence electrons. The van der Waals surface area contributed by atoms with Crippen molar-refractivity contribution in [3.63, 3.8) is 0 Å². The fourth-order valence-corrected chi connectivity index (χ4v) is 2.89. The van der Waals surface area contributed by atoms with Gasteiger partial charge in [0.15, 0.2) is 5.13 Å². The number of thiazole rings is 1. The van der Waals surface area contributed by atoms with Crippen molar-refractivity contribution >= 4 is 22.4 Å². The smallest absolute Gasteiger partial charge is 0.243 e. The van der Waals surface area contributed by atoms with E-state index in [1.54, 1.807) is 6.20 Å². The van der Waals surface area contributed by atoms with E-state index in [9.17, 15) is 4.79 Å². The first-order valence-electron chi connectivity index (χ1n) is 6.80. The van der Waals surface area contributed by atoms with Crippen molar-refractivity contribution in [1.82, 2.24) is 9.88 Å². The minimum absolute atomic E-state index is 0.0363. The maximum atomic E-state index is 12.3. The largest absolute Gasteiger partial charge is 0.376 e. The molecule has 5 nitrogen and oxygen atoms in total. The SMILES string of the molecule is CC[C@@H]1CN([C@@H](CC)C(=O)Nc2nccs2)CCO1. The summed E-state index contributed by atoms with van der Waals surface area (Å²) >= 11 is 1.44. The van der Waals surface area contributed by atoms with Crippen LogP contribution in [0.25, 0.3) is 0 Å². The number of carbonyl (C=O) groups excluding carboxylic acids is 1. The summed E-state index contributed by atoms with van der Waals surface area (Å²) in [6, 6.07) is -0.0955. The number of nitrogens with one attached hydrogen (secondary N) is 1. The van der Waals surface area contributed by atoms with Crippen molar-refractivity contribution in [1.29, 1.82) is 0 Å². The fraction of sp³-hybridized carbons (Fsp3) is 0.692. The van der Waals surface area contributed by atoms with Gasteiger partial charge in [-0.05, 0) is 12.8 Å². The van der Waals surface area contributed by atoms with Crippen LogP contribution in [0.2, 0.25) is 0 Å². The monoisotopic (exact) mass is 283 g/mol. The molecule has 6 heteroatoms. The number of ether oxygens (including phenoxy) is 1. The molecule has 0 bridgehead atoms. The zero-order valence-corrected chi connectivity index (χ0v) is 12.3. The van der Waals surface area contributed by atoms with Crippen LogP contribution in [-0.2, 0) is 9.53 Å². The Morgan fingerprint density at radius 1 is 1.68 bits per heavy atom. The molecule has 0 spiro atoms. The summed E-state index contributed by atoms with van der Waals surface area (Å²) in [5.41, 5.74) is 0. The maximum Gasteiger partial charge on any atom is 0.243 e. The Balaban J connectivity index is 1.96. The summed E-state index contributed by atoms with van der Waals surface area (Å²) in [6.45, 7) is 6.52. The highest BCUT2D eigenvalue weighted by molar-refractivity contribution is 7.13. The van der Waals surface area contributed by atoms with E-state index in [0.717, 1.165) is 25.9 Å². The number of nitrogens with zero attached hydrogens (tertiary/aromatic N) is 2. The number of carbonyl (C=O) groups is 1. The molecule has 0 aliphatic carbocycles. The third kappa shape index (κ3) is 3.75. The molecule has 1 aromatic rings. The Bertz CT molecular complexity index is 397. The average Bonchev–Trinajstić information content (AvgIpc) is 2.92. The molecular formula is C13H21N3O2S. The van der Waals surface area contributed by atoms with Crippen LogP contribution >= 0.6 is 11.3 Å². The summed E-state index contributed by atoms with van der Waals surface area (Å²) in [5.74, 6) is 0.0363. The second kappa shape index (κ2) is 6.98. The lowest BCUT2D eigenvalue weighted by Gasteiger charge is -2.36. The van der Waals surface area contributed by atoms with Crippen LogP contribution in [0, 0.1) is 0 Å². The van der Waals surface area contributed by atoms with E-state index in [2.05, 4.69) is 22.1 Å². The van der Waals surface area contributed by atoms with Crippen molar-refractivity contribution in [2.45, 2.75) is 38.8 Å². The van der Waals surface area contributed by atoms with Gasteiger partial charge in [0.2, 0.25) is 5.91 Å². The van der Waals surface area contributed by atoms with Crippen LogP contribution in [0.1, 0.15) is 26.7 Å². The molecular weight excluding hydrogens is 262 g/mol. The second-order valence-electron chi connectivity index (χ2n) is 4.65. The van der Waals surface area contributed by atoms with Gasteiger partial charge in [-0.2, -0.15) is 0 Å². The number of anilines is 1. The number of hydrogen-bond donors (Lipinski definition) is 1. The third-order valence-corrected chi connectivity index (χ3v) is 4.11. The van der Waals surface area contributed by atoms with E-state index in [0.29, 0.717) is 11.7 Å². The lowest BCUT2D eigenvalue weighted by molar-refractivity contribution is -0.125. The first-order chi connectivity index (χ1) is 9.24.